The van der Waals surface area contributed by atoms with Gasteiger partial charge in [-0.15, -0.1) is 0 Å². The number of halogens is 1. The maximum absolute atomic E-state index is 13.4. The summed E-state index contributed by atoms with van der Waals surface area (Å²) in [6, 6.07) is 7.88. The number of carbonyl (C=O) groups excluding carboxylic acids is 1. The summed E-state index contributed by atoms with van der Waals surface area (Å²) in [5, 5.41) is 16.6. The van der Waals surface area contributed by atoms with E-state index < -0.39 is 0 Å². The van der Waals surface area contributed by atoms with E-state index in [4.69, 9.17) is 0 Å². The molecule has 1 amide bonds. The number of aromatic amines is 2. The standard InChI is InChI=1S/C17H18FN5O/c1-10(6-14-7-11(2)21-22-14)20-17(24)15-9-19-23-16(15)12-4-3-5-13(18)8-12/h3-5,7-10H,6H2,1-2H3,(H,19,23)(H,20,24)(H,21,22)/t10-/m1/s1. The summed E-state index contributed by atoms with van der Waals surface area (Å²) in [6.07, 6.45) is 2.06. The predicted octanol–water partition coefficient (Wildman–Crippen LogP) is 2.61. The predicted molar refractivity (Wildman–Crippen MR) is 87.9 cm³/mol. The first-order chi connectivity index (χ1) is 11.5. The van der Waals surface area contributed by atoms with Gasteiger partial charge in [0, 0.05) is 23.7 Å². The minimum atomic E-state index is -0.365. The molecule has 0 saturated heterocycles. The van der Waals surface area contributed by atoms with Crippen molar-refractivity contribution in [3.63, 3.8) is 0 Å². The van der Waals surface area contributed by atoms with Gasteiger partial charge in [0.05, 0.1) is 23.1 Å². The molecule has 2 heterocycles. The fourth-order valence-corrected chi connectivity index (χ4v) is 2.57. The van der Waals surface area contributed by atoms with Crippen LogP contribution in [-0.2, 0) is 6.42 Å². The first-order valence-electron chi connectivity index (χ1n) is 7.64. The smallest absolute Gasteiger partial charge is 0.255 e. The van der Waals surface area contributed by atoms with Crippen molar-refractivity contribution < 1.29 is 9.18 Å². The molecule has 0 radical (unpaired) electrons. The van der Waals surface area contributed by atoms with E-state index in [9.17, 15) is 9.18 Å². The summed E-state index contributed by atoms with van der Waals surface area (Å²) < 4.78 is 13.4. The fourth-order valence-electron chi connectivity index (χ4n) is 2.57. The molecular weight excluding hydrogens is 309 g/mol. The average molecular weight is 327 g/mol. The van der Waals surface area contributed by atoms with Crippen molar-refractivity contribution in [1.29, 1.82) is 0 Å². The highest BCUT2D eigenvalue weighted by Crippen LogP contribution is 2.21. The number of amides is 1. The number of nitrogens with zero attached hydrogens (tertiary/aromatic N) is 2. The van der Waals surface area contributed by atoms with Crippen LogP contribution in [0.2, 0.25) is 0 Å². The number of aryl methyl sites for hydroxylation is 1. The maximum Gasteiger partial charge on any atom is 0.255 e. The molecule has 1 aromatic carbocycles. The number of hydrogen-bond acceptors (Lipinski definition) is 3. The van der Waals surface area contributed by atoms with E-state index in [1.807, 2.05) is 19.9 Å². The molecule has 0 unspecified atom stereocenters. The van der Waals surface area contributed by atoms with Crippen molar-refractivity contribution in [3.05, 3.63) is 59.3 Å². The van der Waals surface area contributed by atoms with Gasteiger partial charge in [-0.2, -0.15) is 10.2 Å². The highest BCUT2D eigenvalue weighted by molar-refractivity contribution is 5.99. The Balaban J connectivity index is 1.73. The first-order valence-corrected chi connectivity index (χ1v) is 7.64. The van der Waals surface area contributed by atoms with Crippen molar-refractivity contribution in [2.45, 2.75) is 26.3 Å². The Morgan fingerprint density at radius 3 is 2.88 bits per heavy atom. The van der Waals surface area contributed by atoms with Gasteiger partial charge in [0.15, 0.2) is 0 Å². The van der Waals surface area contributed by atoms with E-state index in [0.29, 0.717) is 23.2 Å². The summed E-state index contributed by atoms with van der Waals surface area (Å²) in [5.74, 6) is -0.626. The Kier molecular flexibility index (Phi) is 4.41. The molecule has 3 rings (SSSR count). The van der Waals surface area contributed by atoms with Gasteiger partial charge in [0.1, 0.15) is 5.82 Å². The second-order valence-electron chi connectivity index (χ2n) is 5.79. The topological polar surface area (TPSA) is 86.5 Å². The number of nitrogens with one attached hydrogen (secondary N) is 3. The molecule has 0 spiro atoms. The molecule has 0 bridgehead atoms. The summed E-state index contributed by atoms with van der Waals surface area (Å²) in [4.78, 5) is 12.5. The van der Waals surface area contributed by atoms with Crippen LogP contribution in [0.15, 0.2) is 36.5 Å². The number of hydrogen-bond donors (Lipinski definition) is 3. The second-order valence-corrected chi connectivity index (χ2v) is 5.79. The quantitative estimate of drug-likeness (QED) is 0.673. The number of carbonyl (C=O) groups is 1. The fraction of sp³-hybridized carbons (Fsp3) is 0.235. The van der Waals surface area contributed by atoms with Crippen LogP contribution in [0.5, 0.6) is 0 Å². The van der Waals surface area contributed by atoms with Gasteiger partial charge < -0.3 is 5.32 Å². The van der Waals surface area contributed by atoms with Gasteiger partial charge in [-0.25, -0.2) is 4.39 Å². The number of aromatic nitrogens is 4. The van der Waals surface area contributed by atoms with Crippen LogP contribution >= 0.6 is 0 Å². The van der Waals surface area contributed by atoms with Crippen molar-refractivity contribution in [2.75, 3.05) is 0 Å². The van der Waals surface area contributed by atoms with Gasteiger partial charge in [0.25, 0.3) is 5.91 Å². The van der Waals surface area contributed by atoms with Crippen LogP contribution in [0.25, 0.3) is 11.3 Å². The SMILES string of the molecule is Cc1cc(C[C@@H](C)NC(=O)c2cn[nH]c2-c2cccc(F)c2)n[nH]1. The van der Waals surface area contributed by atoms with Crippen molar-refractivity contribution >= 4 is 5.91 Å². The lowest BCUT2D eigenvalue weighted by molar-refractivity contribution is 0.0940. The van der Waals surface area contributed by atoms with Crippen LogP contribution < -0.4 is 5.32 Å². The van der Waals surface area contributed by atoms with E-state index in [1.165, 1.54) is 18.3 Å². The third-order valence-electron chi connectivity index (χ3n) is 3.65. The van der Waals surface area contributed by atoms with Gasteiger partial charge in [-0.05, 0) is 32.0 Å². The molecule has 0 aliphatic heterocycles. The first kappa shape index (κ1) is 15.9. The third-order valence-corrected chi connectivity index (χ3v) is 3.65. The minimum Gasteiger partial charge on any atom is -0.349 e. The van der Waals surface area contributed by atoms with E-state index in [2.05, 4.69) is 25.7 Å². The summed E-state index contributed by atoms with van der Waals surface area (Å²) >= 11 is 0. The molecule has 0 aliphatic carbocycles. The Morgan fingerprint density at radius 1 is 1.33 bits per heavy atom. The molecule has 124 valence electrons. The monoisotopic (exact) mass is 327 g/mol. The zero-order valence-electron chi connectivity index (χ0n) is 13.4. The van der Waals surface area contributed by atoms with Crippen LogP contribution in [-0.4, -0.2) is 32.3 Å². The van der Waals surface area contributed by atoms with Crippen molar-refractivity contribution in [1.82, 2.24) is 25.7 Å². The maximum atomic E-state index is 13.4. The molecule has 3 N–H and O–H groups in total. The Hall–Kier alpha value is -2.96. The molecule has 1 atom stereocenters. The highest BCUT2D eigenvalue weighted by Gasteiger charge is 2.18. The third kappa shape index (κ3) is 3.51. The number of benzene rings is 1. The zero-order valence-corrected chi connectivity index (χ0v) is 13.4. The molecular formula is C17H18FN5O. The van der Waals surface area contributed by atoms with Crippen LogP contribution in [0, 0.1) is 12.7 Å². The molecule has 2 aromatic heterocycles. The summed E-state index contributed by atoms with van der Waals surface area (Å²) in [7, 11) is 0. The van der Waals surface area contributed by atoms with Gasteiger partial charge >= 0.3 is 0 Å². The van der Waals surface area contributed by atoms with E-state index in [0.717, 1.165) is 11.4 Å². The summed E-state index contributed by atoms with van der Waals surface area (Å²) in [5.41, 5.74) is 3.32. The average Bonchev–Trinajstić information content (AvgIpc) is 3.16. The van der Waals surface area contributed by atoms with Gasteiger partial charge in [-0.1, -0.05) is 12.1 Å². The van der Waals surface area contributed by atoms with E-state index in [1.54, 1.807) is 12.1 Å². The summed E-state index contributed by atoms with van der Waals surface area (Å²) in [6.45, 7) is 3.83. The van der Waals surface area contributed by atoms with Gasteiger partial charge in [0.2, 0.25) is 0 Å². The van der Waals surface area contributed by atoms with Crippen LogP contribution in [0.1, 0.15) is 28.7 Å². The van der Waals surface area contributed by atoms with Gasteiger partial charge in [-0.3, -0.25) is 15.0 Å². The molecule has 6 nitrogen and oxygen atoms in total. The Morgan fingerprint density at radius 2 is 2.17 bits per heavy atom. The normalized spacial score (nSPS) is 12.1. The lowest BCUT2D eigenvalue weighted by atomic mass is 10.1. The molecule has 0 aliphatic rings. The van der Waals surface area contributed by atoms with Crippen LogP contribution in [0.4, 0.5) is 4.39 Å². The lowest BCUT2D eigenvalue weighted by Crippen LogP contribution is -2.34. The van der Waals surface area contributed by atoms with Crippen LogP contribution in [0.3, 0.4) is 0 Å². The van der Waals surface area contributed by atoms with E-state index >= 15 is 0 Å². The molecule has 7 heteroatoms. The van der Waals surface area contributed by atoms with Crippen molar-refractivity contribution in [2.24, 2.45) is 0 Å². The van der Waals surface area contributed by atoms with E-state index in [-0.39, 0.29) is 17.8 Å². The molecule has 3 aromatic rings. The molecule has 0 fully saturated rings. The van der Waals surface area contributed by atoms with Crippen molar-refractivity contribution in [3.8, 4) is 11.3 Å². The Bertz CT molecular complexity index is 854. The Labute approximate surface area is 138 Å². The number of H-pyrrole nitrogens is 2. The lowest BCUT2D eigenvalue weighted by Gasteiger charge is -2.12. The largest absolute Gasteiger partial charge is 0.349 e. The number of rotatable bonds is 5. The molecule has 0 saturated carbocycles. The zero-order chi connectivity index (χ0) is 17.1. The second kappa shape index (κ2) is 6.66. The highest BCUT2D eigenvalue weighted by atomic mass is 19.1. The molecule has 24 heavy (non-hydrogen) atoms. The minimum absolute atomic E-state index is 0.101.